The van der Waals surface area contributed by atoms with Crippen LogP contribution in [0.4, 0.5) is 0 Å². The Bertz CT molecular complexity index is 1820. The lowest BCUT2D eigenvalue weighted by atomic mass is 9.50. The average molecular weight is 947 g/mol. The van der Waals surface area contributed by atoms with E-state index in [1.54, 1.807) is 0 Å². The highest BCUT2D eigenvalue weighted by atomic mass is 17.3. The molecule has 380 valence electrons. The molecule has 0 aromatic rings. The van der Waals surface area contributed by atoms with Gasteiger partial charge in [-0.3, -0.25) is 0 Å². The summed E-state index contributed by atoms with van der Waals surface area (Å²) in [6.45, 7) is 27.3. The molecule has 3 aliphatic carbocycles. The molecule has 15 rings (SSSR count). The van der Waals surface area contributed by atoms with Gasteiger partial charge in [0.25, 0.3) is 0 Å². The number of hydrogen-bond donors (Lipinski definition) is 0. The minimum absolute atomic E-state index is 0.00346. The predicted octanol–water partition coefficient (Wildman–Crippen LogP) is 9.45. The van der Waals surface area contributed by atoms with Crippen molar-refractivity contribution in [2.45, 2.75) is 232 Å². The van der Waals surface area contributed by atoms with Gasteiger partial charge in [0.05, 0.1) is 19.8 Å². The largest absolute Gasteiger partial charge is 0.351 e. The molecule has 3 unspecified atom stereocenters. The molecule has 15 nitrogen and oxygen atoms in total. The highest BCUT2D eigenvalue weighted by molar-refractivity contribution is 5.17. The van der Waals surface area contributed by atoms with E-state index >= 15 is 0 Å². The SMILES string of the molecule is C[C@@H]1CC[C@H]2[C@@H](C)C(OCC(C)(COC3O[C@@H]4O[C@@]5(C)CC[C@H]6[C@H](C)CC[C@@](C)([C@H]3C)[C@@]46OO5)COC3O[C@@H]4O[C@@]5(C)CC[C@H]6[C@H](C)CC[C@@](C)([C@H]3C)[C@@]46OO5)O[C@@H]3O[C@@]4(C)CC[C@@H]1[C@]32OO4. The summed E-state index contributed by atoms with van der Waals surface area (Å²) < 4.78 is 62.6. The van der Waals surface area contributed by atoms with Crippen LogP contribution >= 0.6 is 0 Å². The lowest BCUT2D eigenvalue weighted by Gasteiger charge is -2.65. The van der Waals surface area contributed by atoms with Crippen LogP contribution in [0, 0.1) is 75.4 Å². The van der Waals surface area contributed by atoms with Crippen LogP contribution in [0.3, 0.4) is 0 Å². The third-order valence-electron chi connectivity index (χ3n) is 21.7. The van der Waals surface area contributed by atoms with Crippen molar-refractivity contribution in [3.63, 3.8) is 0 Å². The van der Waals surface area contributed by atoms with Crippen LogP contribution in [-0.2, 0) is 72.0 Å². The van der Waals surface area contributed by atoms with E-state index in [1.807, 2.05) is 20.8 Å². The molecule has 12 aliphatic heterocycles. The van der Waals surface area contributed by atoms with Gasteiger partial charge in [-0.25, -0.2) is 29.3 Å². The predicted molar refractivity (Wildman–Crippen MR) is 236 cm³/mol. The topological polar surface area (TPSA) is 138 Å². The first-order chi connectivity index (χ1) is 31.7. The summed E-state index contributed by atoms with van der Waals surface area (Å²) in [4.78, 5) is 38.1. The van der Waals surface area contributed by atoms with Crippen LogP contribution in [0.2, 0.25) is 0 Å². The quantitative estimate of drug-likeness (QED) is 0.203. The molecule has 0 amide bonds. The Hall–Kier alpha value is -0.600. The monoisotopic (exact) mass is 947 g/mol. The molecule has 0 N–H and O–H groups in total. The molecule has 0 radical (unpaired) electrons. The summed E-state index contributed by atoms with van der Waals surface area (Å²) >= 11 is 0. The number of ether oxygens (including phenoxy) is 9. The molecule has 3 saturated carbocycles. The van der Waals surface area contributed by atoms with Crippen LogP contribution in [0.15, 0.2) is 0 Å². The molecule has 0 aromatic carbocycles. The molecular formula is C52H82O15. The molecular weight excluding hydrogens is 865 g/mol. The minimum Gasteiger partial charge on any atom is -0.351 e. The molecule has 6 bridgehead atoms. The van der Waals surface area contributed by atoms with E-state index in [0.29, 0.717) is 17.8 Å². The third kappa shape index (κ3) is 6.55. The molecule has 15 aliphatic rings. The van der Waals surface area contributed by atoms with Gasteiger partial charge in [0, 0.05) is 59.2 Å². The summed E-state index contributed by atoms with van der Waals surface area (Å²) in [5.74, 6) is -0.548. The second-order valence-electron chi connectivity index (χ2n) is 25.8. The normalized spacial score (nSPS) is 60.4. The van der Waals surface area contributed by atoms with Crippen molar-refractivity contribution in [2.24, 2.45) is 75.4 Å². The van der Waals surface area contributed by atoms with E-state index in [1.165, 1.54) is 0 Å². The summed E-state index contributed by atoms with van der Waals surface area (Å²) in [6.07, 6.45) is 7.65. The van der Waals surface area contributed by atoms with Gasteiger partial charge < -0.3 is 42.6 Å². The summed E-state index contributed by atoms with van der Waals surface area (Å²) in [5.41, 5.74) is -3.55. The smallest absolute Gasteiger partial charge is 0.201 e. The van der Waals surface area contributed by atoms with Crippen LogP contribution in [0.1, 0.15) is 160 Å². The van der Waals surface area contributed by atoms with Crippen molar-refractivity contribution >= 4 is 0 Å². The maximum atomic E-state index is 7.13. The summed E-state index contributed by atoms with van der Waals surface area (Å²) in [6, 6.07) is 0. The van der Waals surface area contributed by atoms with Crippen molar-refractivity contribution < 1.29 is 72.0 Å². The fraction of sp³-hybridized carbons (Fsp3) is 1.00. The third-order valence-corrected chi connectivity index (χ3v) is 21.7. The molecule has 3 spiro atoms. The second-order valence-corrected chi connectivity index (χ2v) is 25.8. The van der Waals surface area contributed by atoms with E-state index < -0.39 is 77.3 Å². The zero-order chi connectivity index (χ0) is 47.0. The summed E-state index contributed by atoms with van der Waals surface area (Å²) in [5, 5.41) is 0. The first-order valence-corrected chi connectivity index (χ1v) is 26.6. The van der Waals surface area contributed by atoms with Crippen molar-refractivity contribution in [2.75, 3.05) is 19.8 Å². The van der Waals surface area contributed by atoms with Gasteiger partial charge in [-0.2, -0.15) is 0 Å². The summed E-state index contributed by atoms with van der Waals surface area (Å²) in [7, 11) is 0. The highest BCUT2D eigenvalue weighted by Crippen LogP contribution is 2.68. The van der Waals surface area contributed by atoms with Crippen molar-refractivity contribution in [1.82, 2.24) is 0 Å². The van der Waals surface area contributed by atoms with Gasteiger partial charge in [-0.15, -0.1) is 0 Å². The Labute approximate surface area is 398 Å². The van der Waals surface area contributed by atoms with Crippen LogP contribution in [0.25, 0.3) is 0 Å². The Morgan fingerprint density at radius 3 is 1.36 bits per heavy atom. The van der Waals surface area contributed by atoms with E-state index in [-0.39, 0.29) is 72.1 Å². The zero-order valence-corrected chi connectivity index (χ0v) is 42.5. The van der Waals surface area contributed by atoms with E-state index in [0.717, 1.165) is 77.0 Å². The Morgan fingerprint density at radius 1 is 0.433 bits per heavy atom. The lowest BCUT2D eigenvalue weighted by Crippen LogP contribution is -2.75. The Kier molecular flexibility index (Phi) is 11.1. The highest BCUT2D eigenvalue weighted by Gasteiger charge is 2.77. The van der Waals surface area contributed by atoms with Gasteiger partial charge in [0.2, 0.25) is 17.4 Å². The number of rotatable bonds is 9. The maximum absolute atomic E-state index is 7.13. The van der Waals surface area contributed by atoms with Crippen molar-refractivity contribution in [3.05, 3.63) is 0 Å². The zero-order valence-electron chi connectivity index (χ0n) is 42.5. The van der Waals surface area contributed by atoms with E-state index in [4.69, 9.17) is 72.0 Å². The van der Waals surface area contributed by atoms with Gasteiger partial charge in [-0.1, -0.05) is 62.3 Å². The average Bonchev–Trinajstić information content (AvgIpc) is 3.78. The molecule has 12 heterocycles. The van der Waals surface area contributed by atoms with Gasteiger partial charge in [0.15, 0.2) is 54.5 Å². The van der Waals surface area contributed by atoms with Crippen LogP contribution in [0.5, 0.6) is 0 Å². The number of hydrogen-bond acceptors (Lipinski definition) is 15. The standard InChI is InChI=1S/C52H82O15/c1-28-13-14-37-31(4)38(56-41-50(37)34(28)17-22-47(10,59-41)62-65-50)53-25-44(7,26-54-39-32(5)45(8)20-15-29(2)35-18-23-48(11)60-42(57-39)51(35,45)66-63-48)27-55-40-33(6)46(9)21-16-30(3)36-19-24-49(12)61-43(58-40)52(36,46)67-64-49/h28-43H,13-27H2,1-12H3/t28-,29-,30-,31-,32+,33+,34+,35+,36+,37+,38?,39?,40?,41-,42-,43-,44?,45+,46+,47-,48-,49-,50-,51+,52+/m1/s1. The Morgan fingerprint density at radius 2 is 0.851 bits per heavy atom. The van der Waals surface area contributed by atoms with Gasteiger partial charge in [-0.05, 0) is 114 Å². The van der Waals surface area contributed by atoms with Crippen LogP contribution < -0.4 is 0 Å². The molecule has 12 saturated heterocycles. The molecule has 67 heavy (non-hydrogen) atoms. The fourth-order valence-electron chi connectivity index (χ4n) is 16.7. The first kappa shape index (κ1) is 47.4. The molecule has 0 aromatic heterocycles. The molecule has 15 heteroatoms. The molecule has 24 atom stereocenters. The van der Waals surface area contributed by atoms with Crippen LogP contribution in [-0.4, -0.2) is 91.7 Å². The first-order valence-electron chi connectivity index (χ1n) is 26.6. The molecule has 15 fully saturated rings. The fourth-order valence-corrected chi connectivity index (χ4v) is 16.7. The van der Waals surface area contributed by atoms with Gasteiger partial charge in [0.1, 0.15) is 0 Å². The minimum atomic E-state index is -0.895. The van der Waals surface area contributed by atoms with E-state index in [9.17, 15) is 0 Å². The second kappa shape index (κ2) is 15.7. The Balaban J connectivity index is 0.826. The maximum Gasteiger partial charge on any atom is 0.201 e. The van der Waals surface area contributed by atoms with Gasteiger partial charge >= 0.3 is 0 Å². The number of fused-ring (bicyclic) bond motifs is 6. The van der Waals surface area contributed by atoms with E-state index in [2.05, 4.69) is 62.3 Å². The lowest BCUT2D eigenvalue weighted by molar-refractivity contribution is -0.588. The van der Waals surface area contributed by atoms with Crippen molar-refractivity contribution in [1.29, 1.82) is 0 Å². The van der Waals surface area contributed by atoms with Crippen molar-refractivity contribution in [3.8, 4) is 0 Å².